The van der Waals surface area contributed by atoms with Crippen LogP contribution in [-0.2, 0) is 4.79 Å². The van der Waals surface area contributed by atoms with Gasteiger partial charge >= 0.3 is 0 Å². The second-order valence-corrected chi connectivity index (χ2v) is 4.63. The minimum absolute atomic E-state index is 0.198. The van der Waals surface area contributed by atoms with Crippen LogP contribution in [0, 0.1) is 0 Å². The average Bonchev–Trinajstić information content (AvgIpc) is 3.06. The highest BCUT2D eigenvalue weighted by molar-refractivity contribution is 5.97. The largest absolute Gasteiger partial charge is 0.454 e. The van der Waals surface area contributed by atoms with E-state index in [4.69, 9.17) is 9.47 Å². The quantitative estimate of drug-likeness (QED) is 0.658. The highest BCUT2D eigenvalue weighted by Gasteiger charge is 2.12. The normalized spacial score (nSPS) is 12.2. The van der Waals surface area contributed by atoms with Gasteiger partial charge in [0.2, 0.25) is 6.79 Å². The van der Waals surface area contributed by atoms with Crippen LogP contribution in [0.2, 0.25) is 0 Å². The number of carbonyl (C=O) groups is 2. The molecule has 7 nitrogen and oxygen atoms in total. The fourth-order valence-corrected chi connectivity index (χ4v) is 1.92. The van der Waals surface area contributed by atoms with E-state index in [9.17, 15) is 9.59 Å². The Morgan fingerprint density at radius 2 is 1.83 bits per heavy atom. The summed E-state index contributed by atoms with van der Waals surface area (Å²) in [6.45, 7) is 0.198. The third kappa shape index (κ3) is 3.65. The Hall–Kier alpha value is -3.35. The molecule has 1 aromatic heterocycles. The third-order valence-corrected chi connectivity index (χ3v) is 3.07. The molecule has 0 saturated carbocycles. The molecule has 0 unspecified atom stereocenters. The molecule has 0 bridgehead atoms. The number of hydrazine groups is 1. The number of amides is 2. The lowest BCUT2D eigenvalue weighted by atomic mass is 10.2. The molecule has 0 aliphatic carbocycles. The zero-order valence-corrected chi connectivity index (χ0v) is 12.0. The van der Waals surface area contributed by atoms with E-state index in [1.54, 1.807) is 36.4 Å². The van der Waals surface area contributed by atoms with Crippen LogP contribution in [0.4, 0.5) is 0 Å². The van der Waals surface area contributed by atoms with Crippen molar-refractivity contribution in [3.8, 4) is 11.5 Å². The van der Waals surface area contributed by atoms with Crippen LogP contribution in [0.3, 0.4) is 0 Å². The summed E-state index contributed by atoms with van der Waals surface area (Å²) in [6.07, 6.45) is 5.91. The van der Waals surface area contributed by atoms with E-state index in [0.717, 1.165) is 5.56 Å². The van der Waals surface area contributed by atoms with Gasteiger partial charge in [0.1, 0.15) is 0 Å². The van der Waals surface area contributed by atoms with Gasteiger partial charge in [-0.3, -0.25) is 25.4 Å². The molecule has 2 amide bonds. The number of benzene rings is 1. The maximum absolute atomic E-state index is 11.7. The van der Waals surface area contributed by atoms with Crippen molar-refractivity contribution in [1.29, 1.82) is 0 Å². The van der Waals surface area contributed by atoms with Crippen molar-refractivity contribution < 1.29 is 19.1 Å². The number of nitrogens with one attached hydrogen (secondary N) is 2. The Morgan fingerprint density at radius 1 is 1.04 bits per heavy atom. The molecule has 23 heavy (non-hydrogen) atoms. The van der Waals surface area contributed by atoms with Crippen LogP contribution in [0.1, 0.15) is 15.9 Å². The maximum atomic E-state index is 11.7. The van der Waals surface area contributed by atoms with E-state index in [1.807, 2.05) is 0 Å². The predicted octanol–water partition coefficient (Wildman–Crippen LogP) is 1.28. The Bertz CT molecular complexity index is 759. The van der Waals surface area contributed by atoms with Gasteiger partial charge in [0, 0.05) is 24.0 Å². The minimum atomic E-state index is -0.454. The molecule has 0 saturated heterocycles. The molecular weight excluding hydrogens is 298 g/mol. The van der Waals surface area contributed by atoms with Crippen molar-refractivity contribution in [2.24, 2.45) is 0 Å². The molecule has 7 heteroatoms. The van der Waals surface area contributed by atoms with E-state index in [1.165, 1.54) is 18.5 Å². The molecule has 2 heterocycles. The Balaban J connectivity index is 1.54. The van der Waals surface area contributed by atoms with Crippen LogP contribution < -0.4 is 20.3 Å². The van der Waals surface area contributed by atoms with Crippen LogP contribution in [-0.4, -0.2) is 23.6 Å². The summed E-state index contributed by atoms with van der Waals surface area (Å²) in [4.78, 5) is 27.3. The van der Waals surface area contributed by atoms with Crippen LogP contribution in [0.15, 0.2) is 48.8 Å². The van der Waals surface area contributed by atoms with Crippen molar-refractivity contribution in [2.45, 2.75) is 0 Å². The molecule has 2 N–H and O–H groups in total. The fourth-order valence-electron chi connectivity index (χ4n) is 1.92. The fraction of sp³-hybridized carbons (Fsp3) is 0.0625. The maximum Gasteiger partial charge on any atom is 0.269 e. The van der Waals surface area contributed by atoms with E-state index in [2.05, 4.69) is 15.8 Å². The second-order valence-electron chi connectivity index (χ2n) is 4.63. The van der Waals surface area contributed by atoms with Gasteiger partial charge in [-0.15, -0.1) is 0 Å². The van der Waals surface area contributed by atoms with Gasteiger partial charge in [-0.05, 0) is 35.9 Å². The van der Waals surface area contributed by atoms with Crippen molar-refractivity contribution in [3.63, 3.8) is 0 Å². The Labute approximate surface area is 131 Å². The van der Waals surface area contributed by atoms with Gasteiger partial charge in [-0.25, -0.2) is 0 Å². The summed E-state index contributed by atoms with van der Waals surface area (Å²) in [6, 6.07) is 8.42. The summed E-state index contributed by atoms with van der Waals surface area (Å²) in [7, 11) is 0. The number of fused-ring (bicyclic) bond motifs is 1. The monoisotopic (exact) mass is 311 g/mol. The second kappa shape index (κ2) is 6.61. The molecule has 1 aromatic carbocycles. The van der Waals surface area contributed by atoms with Gasteiger partial charge in [0.25, 0.3) is 11.8 Å². The molecule has 116 valence electrons. The van der Waals surface area contributed by atoms with Gasteiger partial charge in [0.15, 0.2) is 11.5 Å². The number of aromatic nitrogens is 1. The molecule has 1 aliphatic heterocycles. The minimum Gasteiger partial charge on any atom is -0.454 e. The van der Waals surface area contributed by atoms with Crippen molar-refractivity contribution in [3.05, 3.63) is 59.9 Å². The summed E-state index contributed by atoms with van der Waals surface area (Å²) in [5.41, 5.74) is 5.80. The molecule has 0 atom stereocenters. The Kier molecular flexibility index (Phi) is 4.19. The van der Waals surface area contributed by atoms with Crippen LogP contribution in [0.5, 0.6) is 11.5 Å². The zero-order valence-electron chi connectivity index (χ0n) is 12.0. The van der Waals surface area contributed by atoms with Gasteiger partial charge in [0.05, 0.1) is 0 Å². The standard InChI is InChI=1S/C16H13N3O4/c20-15(18-19-16(21)12-5-7-17-8-6-12)4-2-11-1-3-13-14(9-11)23-10-22-13/h1-9H,10H2,(H,18,20)(H,19,21)/b4-2+. The molecule has 0 radical (unpaired) electrons. The highest BCUT2D eigenvalue weighted by Crippen LogP contribution is 2.32. The number of ether oxygens (including phenoxy) is 2. The molecule has 1 aliphatic rings. The number of hydrogen-bond acceptors (Lipinski definition) is 5. The van der Waals surface area contributed by atoms with Crippen LogP contribution in [0.25, 0.3) is 6.08 Å². The first-order chi connectivity index (χ1) is 11.2. The number of nitrogens with zero attached hydrogens (tertiary/aromatic N) is 1. The smallest absolute Gasteiger partial charge is 0.269 e. The summed E-state index contributed by atoms with van der Waals surface area (Å²) >= 11 is 0. The van der Waals surface area contributed by atoms with Crippen molar-refractivity contribution in [2.75, 3.05) is 6.79 Å². The molecule has 3 rings (SSSR count). The first-order valence-corrected chi connectivity index (χ1v) is 6.80. The lowest BCUT2D eigenvalue weighted by Crippen LogP contribution is -2.40. The Morgan fingerprint density at radius 3 is 2.65 bits per heavy atom. The van der Waals surface area contributed by atoms with Crippen molar-refractivity contribution in [1.82, 2.24) is 15.8 Å². The lowest BCUT2D eigenvalue weighted by Gasteiger charge is -2.04. The molecule has 0 spiro atoms. The number of carbonyl (C=O) groups excluding carboxylic acids is 2. The van der Waals surface area contributed by atoms with E-state index >= 15 is 0 Å². The zero-order chi connectivity index (χ0) is 16.1. The van der Waals surface area contributed by atoms with Gasteiger partial charge < -0.3 is 9.47 Å². The first-order valence-electron chi connectivity index (χ1n) is 6.80. The number of hydrogen-bond donors (Lipinski definition) is 2. The number of pyridine rings is 1. The van der Waals surface area contributed by atoms with E-state index < -0.39 is 11.8 Å². The summed E-state index contributed by atoms with van der Waals surface area (Å²) in [5.74, 6) is 0.442. The van der Waals surface area contributed by atoms with Crippen LogP contribution >= 0.6 is 0 Å². The average molecular weight is 311 g/mol. The lowest BCUT2D eigenvalue weighted by molar-refractivity contribution is -0.117. The number of rotatable bonds is 3. The SMILES string of the molecule is O=C(/C=C/c1ccc2c(c1)OCO2)NNC(=O)c1ccncc1. The third-order valence-electron chi connectivity index (χ3n) is 3.07. The molecule has 2 aromatic rings. The predicted molar refractivity (Wildman–Crippen MR) is 81.4 cm³/mol. The molecule has 0 fully saturated rings. The van der Waals surface area contributed by atoms with Gasteiger partial charge in [-0.2, -0.15) is 0 Å². The molecular formula is C16H13N3O4. The summed E-state index contributed by atoms with van der Waals surface area (Å²) < 4.78 is 10.5. The van der Waals surface area contributed by atoms with E-state index in [0.29, 0.717) is 17.1 Å². The summed E-state index contributed by atoms with van der Waals surface area (Å²) in [5, 5.41) is 0. The topological polar surface area (TPSA) is 89.5 Å². The van der Waals surface area contributed by atoms with Gasteiger partial charge in [-0.1, -0.05) is 6.07 Å². The van der Waals surface area contributed by atoms with Crippen molar-refractivity contribution >= 4 is 17.9 Å². The highest BCUT2D eigenvalue weighted by atomic mass is 16.7. The first kappa shape index (κ1) is 14.6. The van der Waals surface area contributed by atoms with E-state index in [-0.39, 0.29) is 6.79 Å².